The third-order valence-corrected chi connectivity index (χ3v) is 5.85. The quantitative estimate of drug-likeness (QED) is 0.474. The minimum absolute atomic E-state index is 0.595. The highest BCUT2D eigenvalue weighted by atomic mass is 16.5. The van der Waals surface area contributed by atoms with E-state index in [1.807, 2.05) is 24.3 Å². The van der Waals surface area contributed by atoms with Gasteiger partial charge in [-0.05, 0) is 72.7 Å². The summed E-state index contributed by atoms with van der Waals surface area (Å²) in [6.07, 6.45) is 5.20. The molecule has 0 N–H and O–H groups in total. The predicted molar refractivity (Wildman–Crippen MR) is 115 cm³/mol. The third-order valence-electron chi connectivity index (χ3n) is 5.85. The van der Waals surface area contributed by atoms with Crippen molar-refractivity contribution >= 4 is 0 Å². The standard InChI is InChI=1S/C25H29NO3/c1-4-17-6-7-19-16-21(12-13-22(17)19)28-15-14-23-24(5-2)29-25(26-23)18-8-10-20(27-3)11-9-18/h8-13,16-17H,4-7,14-15H2,1-3H3. The summed E-state index contributed by atoms with van der Waals surface area (Å²) in [4.78, 5) is 4.73. The average Bonchev–Trinajstić information content (AvgIpc) is 3.37. The van der Waals surface area contributed by atoms with Gasteiger partial charge in [0.05, 0.1) is 19.4 Å². The molecule has 152 valence electrons. The van der Waals surface area contributed by atoms with E-state index in [2.05, 4.69) is 32.0 Å². The summed E-state index contributed by atoms with van der Waals surface area (Å²) in [6, 6.07) is 14.4. The molecule has 4 heteroatoms. The highest BCUT2D eigenvalue weighted by Crippen LogP contribution is 2.37. The van der Waals surface area contributed by atoms with Crippen molar-refractivity contribution in [2.24, 2.45) is 0 Å². The number of benzene rings is 2. The van der Waals surface area contributed by atoms with Gasteiger partial charge in [0.2, 0.25) is 5.89 Å². The molecule has 1 atom stereocenters. The van der Waals surface area contributed by atoms with Gasteiger partial charge < -0.3 is 13.9 Å². The average molecular weight is 392 g/mol. The molecular formula is C25H29NO3. The van der Waals surface area contributed by atoms with Crippen LogP contribution in [0.3, 0.4) is 0 Å². The number of aryl methyl sites for hydroxylation is 2. The van der Waals surface area contributed by atoms with Crippen molar-refractivity contribution in [3.63, 3.8) is 0 Å². The summed E-state index contributed by atoms with van der Waals surface area (Å²) in [5.41, 5.74) is 4.89. The number of oxazole rings is 1. The van der Waals surface area contributed by atoms with E-state index in [4.69, 9.17) is 18.9 Å². The molecule has 0 saturated carbocycles. The molecule has 1 aromatic heterocycles. The van der Waals surface area contributed by atoms with Crippen molar-refractivity contribution in [1.82, 2.24) is 4.98 Å². The first-order chi connectivity index (χ1) is 14.2. The highest BCUT2D eigenvalue weighted by molar-refractivity contribution is 5.55. The molecule has 1 aliphatic carbocycles. The van der Waals surface area contributed by atoms with Gasteiger partial charge in [-0.2, -0.15) is 0 Å². The van der Waals surface area contributed by atoms with Crippen molar-refractivity contribution in [2.75, 3.05) is 13.7 Å². The highest BCUT2D eigenvalue weighted by Gasteiger charge is 2.21. The lowest BCUT2D eigenvalue weighted by atomic mass is 9.99. The molecule has 0 amide bonds. The number of nitrogens with zero attached hydrogens (tertiary/aromatic N) is 1. The Balaban J connectivity index is 1.41. The van der Waals surface area contributed by atoms with Gasteiger partial charge in [0.25, 0.3) is 0 Å². The Bertz CT molecular complexity index is 959. The lowest BCUT2D eigenvalue weighted by Gasteiger charge is -2.10. The molecule has 2 aromatic carbocycles. The van der Waals surface area contributed by atoms with Gasteiger partial charge in [0.1, 0.15) is 17.3 Å². The molecule has 0 fully saturated rings. The number of aromatic nitrogens is 1. The Morgan fingerprint density at radius 1 is 1.07 bits per heavy atom. The maximum absolute atomic E-state index is 6.05. The maximum atomic E-state index is 6.05. The van der Waals surface area contributed by atoms with Gasteiger partial charge in [-0.25, -0.2) is 4.98 Å². The van der Waals surface area contributed by atoms with Crippen LogP contribution in [0.2, 0.25) is 0 Å². The van der Waals surface area contributed by atoms with Crippen LogP contribution in [-0.2, 0) is 19.3 Å². The van der Waals surface area contributed by atoms with Crippen molar-refractivity contribution < 1.29 is 13.9 Å². The SMILES string of the molecule is CCc1oc(-c2ccc(OC)cc2)nc1CCOc1ccc2c(c1)CCC2CC. The fourth-order valence-corrected chi connectivity index (χ4v) is 4.17. The Labute approximate surface area is 172 Å². The minimum atomic E-state index is 0.595. The van der Waals surface area contributed by atoms with E-state index in [0.717, 1.165) is 47.3 Å². The first-order valence-corrected chi connectivity index (χ1v) is 10.6. The molecule has 0 spiro atoms. The van der Waals surface area contributed by atoms with Crippen LogP contribution in [0.15, 0.2) is 46.9 Å². The van der Waals surface area contributed by atoms with Gasteiger partial charge in [-0.15, -0.1) is 0 Å². The molecule has 4 nitrogen and oxygen atoms in total. The van der Waals surface area contributed by atoms with E-state index < -0.39 is 0 Å². The summed E-state index contributed by atoms with van der Waals surface area (Å²) in [5.74, 6) is 4.08. The normalized spacial score (nSPS) is 15.3. The van der Waals surface area contributed by atoms with Crippen LogP contribution in [0.5, 0.6) is 11.5 Å². The predicted octanol–water partition coefficient (Wildman–Crippen LogP) is 5.97. The monoisotopic (exact) mass is 391 g/mol. The molecule has 0 bridgehead atoms. The molecule has 1 heterocycles. The smallest absolute Gasteiger partial charge is 0.226 e. The molecule has 4 rings (SSSR count). The lowest BCUT2D eigenvalue weighted by Crippen LogP contribution is -2.04. The first kappa shape index (κ1) is 19.6. The number of fused-ring (bicyclic) bond motifs is 1. The molecule has 1 aliphatic rings. The molecule has 0 aliphatic heterocycles. The Hall–Kier alpha value is -2.75. The maximum Gasteiger partial charge on any atom is 0.226 e. The second-order valence-electron chi connectivity index (χ2n) is 7.57. The summed E-state index contributed by atoms with van der Waals surface area (Å²) in [6.45, 7) is 4.96. The number of methoxy groups -OCH3 is 1. The topological polar surface area (TPSA) is 44.5 Å². The lowest BCUT2D eigenvalue weighted by molar-refractivity contribution is 0.319. The van der Waals surface area contributed by atoms with E-state index in [-0.39, 0.29) is 0 Å². The van der Waals surface area contributed by atoms with Crippen LogP contribution in [-0.4, -0.2) is 18.7 Å². The zero-order valence-electron chi connectivity index (χ0n) is 17.5. The van der Waals surface area contributed by atoms with Gasteiger partial charge in [-0.1, -0.05) is 19.9 Å². The minimum Gasteiger partial charge on any atom is -0.497 e. The van der Waals surface area contributed by atoms with Crippen LogP contribution >= 0.6 is 0 Å². The van der Waals surface area contributed by atoms with Gasteiger partial charge in [0.15, 0.2) is 0 Å². The Morgan fingerprint density at radius 3 is 2.59 bits per heavy atom. The number of ether oxygens (including phenoxy) is 2. The molecule has 3 aromatic rings. The van der Waals surface area contributed by atoms with Gasteiger partial charge >= 0.3 is 0 Å². The summed E-state index contributed by atoms with van der Waals surface area (Å²) in [5, 5.41) is 0. The summed E-state index contributed by atoms with van der Waals surface area (Å²) < 4.78 is 17.3. The van der Waals surface area contributed by atoms with Crippen LogP contribution in [0.4, 0.5) is 0 Å². The molecule has 0 saturated heterocycles. The van der Waals surface area contributed by atoms with Crippen molar-refractivity contribution in [3.05, 3.63) is 65.0 Å². The van der Waals surface area contributed by atoms with Crippen molar-refractivity contribution in [2.45, 2.75) is 51.9 Å². The van der Waals surface area contributed by atoms with Crippen LogP contribution in [0.25, 0.3) is 11.5 Å². The largest absolute Gasteiger partial charge is 0.497 e. The Kier molecular flexibility index (Phi) is 5.89. The number of hydrogen-bond donors (Lipinski definition) is 0. The third kappa shape index (κ3) is 4.16. The summed E-state index contributed by atoms with van der Waals surface area (Å²) >= 11 is 0. The molecule has 1 unspecified atom stereocenters. The van der Waals surface area contributed by atoms with E-state index in [1.54, 1.807) is 7.11 Å². The zero-order valence-corrected chi connectivity index (χ0v) is 17.5. The van der Waals surface area contributed by atoms with Crippen molar-refractivity contribution in [3.8, 4) is 23.0 Å². The van der Waals surface area contributed by atoms with E-state index in [0.29, 0.717) is 12.5 Å². The Morgan fingerprint density at radius 2 is 1.86 bits per heavy atom. The molecular weight excluding hydrogens is 362 g/mol. The van der Waals surface area contributed by atoms with Gasteiger partial charge in [-0.3, -0.25) is 0 Å². The fourth-order valence-electron chi connectivity index (χ4n) is 4.17. The van der Waals surface area contributed by atoms with Crippen LogP contribution in [0.1, 0.15) is 55.2 Å². The zero-order chi connectivity index (χ0) is 20.2. The fraction of sp³-hybridized carbons (Fsp3) is 0.400. The number of rotatable bonds is 8. The van der Waals surface area contributed by atoms with Crippen LogP contribution in [0, 0.1) is 0 Å². The van der Waals surface area contributed by atoms with E-state index in [1.165, 1.54) is 30.4 Å². The second-order valence-corrected chi connectivity index (χ2v) is 7.57. The summed E-state index contributed by atoms with van der Waals surface area (Å²) in [7, 11) is 1.66. The van der Waals surface area contributed by atoms with Crippen molar-refractivity contribution in [1.29, 1.82) is 0 Å². The number of hydrogen-bond acceptors (Lipinski definition) is 4. The van der Waals surface area contributed by atoms with Gasteiger partial charge in [0, 0.05) is 18.4 Å². The molecule has 29 heavy (non-hydrogen) atoms. The first-order valence-electron chi connectivity index (χ1n) is 10.6. The van der Waals surface area contributed by atoms with E-state index >= 15 is 0 Å². The van der Waals surface area contributed by atoms with E-state index in [9.17, 15) is 0 Å². The second kappa shape index (κ2) is 8.73. The molecule has 0 radical (unpaired) electrons. The van der Waals surface area contributed by atoms with Crippen LogP contribution < -0.4 is 9.47 Å².